The summed E-state index contributed by atoms with van der Waals surface area (Å²) in [5.74, 6) is -1.03. The summed E-state index contributed by atoms with van der Waals surface area (Å²) in [6.07, 6.45) is 2.24. The van der Waals surface area contributed by atoms with Gasteiger partial charge in [0.25, 0.3) is 5.91 Å². The molecule has 0 saturated carbocycles. The Bertz CT molecular complexity index is 1280. The van der Waals surface area contributed by atoms with E-state index in [1.165, 1.54) is 6.21 Å². The largest absolute Gasteiger partial charge is 0.494 e. The number of hydrogen-bond acceptors (Lipinski definition) is 6. The van der Waals surface area contributed by atoms with Gasteiger partial charge in [-0.05, 0) is 73.0 Å². The van der Waals surface area contributed by atoms with Gasteiger partial charge in [0.15, 0.2) is 6.61 Å². The molecule has 3 N–H and O–H groups in total. The molecule has 3 rings (SSSR count). The van der Waals surface area contributed by atoms with Gasteiger partial charge in [-0.3, -0.25) is 14.4 Å². The van der Waals surface area contributed by atoms with E-state index in [1.54, 1.807) is 60.7 Å². The highest BCUT2D eigenvalue weighted by atomic mass is 35.5. The average molecular weight is 523 g/mol. The number of aryl methyl sites for hydroxylation is 1. The van der Waals surface area contributed by atoms with Gasteiger partial charge in [0.05, 0.1) is 12.8 Å². The van der Waals surface area contributed by atoms with E-state index < -0.39 is 11.8 Å². The van der Waals surface area contributed by atoms with Gasteiger partial charge in [0.1, 0.15) is 11.5 Å². The Hall–Kier alpha value is -4.37. The third kappa shape index (κ3) is 8.97. The molecule has 0 aliphatic heterocycles. The van der Waals surface area contributed by atoms with Crippen molar-refractivity contribution in [1.29, 1.82) is 0 Å². The van der Waals surface area contributed by atoms with Crippen molar-refractivity contribution in [2.75, 3.05) is 23.8 Å². The van der Waals surface area contributed by atoms with Crippen molar-refractivity contribution in [2.45, 2.75) is 20.3 Å². The first-order valence-corrected chi connectivity index (χ1v) is 11.9. The summed E-state index contributed by atoms with van der Waals surface area (Å²) in [5.41, 5.74) is 4.70. The van der Waals surface area contributed by atoms with E-state index in [-0.39, 0.29) is 12.5 Å². The molecular weight excluding hydrogens is 496 g/mol. The summed E-state index contributed by atoms with van der Waals surface area (Å²) in [6.45, 7) is 4.25. The summed E-state index contributed by atoms with van der Waals surface area (Å²) >= 11 is 5.98. The number of halogens is 1. The van der Waals surface area contributed by atoms with Crippen LogP contribution in [0.25, 0.3) is 0 Å². The molecule has 0 bridgehead atoms. The summed E-state index contributed by atoms with van der Waals surface area (Å²) < 4.78 is 11.0. The molecule has 0 unspecified atom stereocenters. The molecule has 37 heavy (non-hydrogen) atoms. The van der Waals surface area contributed by atoms with E-state index in [9.17, 15) is 14.4 Å². The Morgan fingerprint density at radius 3 is 2.46 bits per heavy atom. The predicted molar refractivity (Wildman–Crippen MR) is 143 cm³/mol. The third-order valence-corrected chi connectivity index (χ3v) is 5.11. The van der Waals surface area contributed by atoms with Crippen LogP contribution in [0, 0.1) is 6.92 Å². The Balaban J connectivity index is 1.46. The lowest BCUT2D eigenvalue weighted by molar-refractivity contribution is -0.136. The fraction of sp³-hybridized carbons (Fsp3) is 0.185. The maximum absolute atomic E-state index is 12.2. The first-order chi connectivity index (χ1) is 17.8. The van der Waals surface area contributed by atoms with E-state index >= 15 is 0 Å². The van der Waals surface area contributed by atoms with Gasteiger partial charge >= 0.3 is 11.8 Å². The average Bonchev–Trinajstić information content (AvgIpc) is 2.89. The molecule has 9 nitrogen and oxygen atoms in total. The second-order valence-electron chi connectivity index (χ2n) is 7.89. The molecular formula is C27H27ClN4O5. The molecule has 3 aromatic rings. The van der Waals surface area contributed by atoms with E-state index in [0.717, 1.165) is 12.0 Å². The zero-order chi connectivity index (χ0) is 26.6. The van der Waals surface area contributed by atoms with Crippen LogP contribution in [0.2, 0.25) is 5.02 Å². The smallest absolute Gasteiger partial charge is 0.329 e. The van der Waals surface area contributed by atoms with E-state index in [4.69, 9.17) is 21.1 Å². The van der Waals surface area contributed by atoms with Crippen LogP contribution in [0.4, 0.5) is 11.4 Å². The lowest BCUT2D eigenvalue weighted by Gasteiger charge is -2.10. The number of nitrogens with one attached hydrogen (secondary N) is 3. The molecule has 0 aliphatic rings. The fourth-order valence-electron chi connectivity index (χ4n) is 3.01. The van der Waals surface area contributed by atoms with Gasteiger partial charge in [-0.2, -0.15) is 5.10 Å². The van der Waals surface area contributed by atoms with Crippen molar-refractivity contribution in [3.8, 4) is 11.5 Å². The topological polar surface area (TPSA) is 118 Å². The molecule has 0 radical (unpaired) electrons. The summed E-state index contributed by atoms with van der Waals surface area (Å²) in [5, 5.41) is 9.57. The highest BCUT2D eigenvalue weighted by molar-refractivity contribution is 6.39. The van der Waals surface area contributed by atoms with Crippen molar-refractivity contribution < 1.29 is 23.9 Å². The zero-order valence-electron chi connectivity index (χ0n) is 20.4. The number of hydrogen-bond donors (Lipinski definition) is 3. The van der Waals surface area contributed by atoms with Crippen molar-refractivity contribution in [2.24, 2.45) is 5.10 Å². The van der Waals surface area contributed by atoms with Crippen LogP contribution < -0.4 is 25.5 Å². The number of amides is 3. The van der Waals surface area contributed by atoms with Gasteiger partial charge in [0.2, 0.25) is 0 Å². The number of hydrazone groups is 1. The van der Waals surface area contributed by atoms with E-state index in [0.29, 0.717) is 40.1 Å². The summed E-state index contributed by atoms with van der Waals surface area (Å²) in [7, 11) is 0. The van der Waals surface area contributed by atoms with Crippen LogP contribution in [0.5, 0.6) is 11.5 Å². The molecule has 10 heteroatoms. The van der Waals surface area contributed by atoms with Gasteiger partial charge in [0, 0.05) is 16.4 Å². The quantitative estimate of drug-likeness (QED) is 0.205. The first-order valence-electron chi connectivity index (χ1n) is 11.5. The molecule has 0 aromatic heterocycles. The van der Waals surface area contributed by atoms with Gasteiger partial charge < -0.3 is 20.1 Å². The predicted octanol–water partition coefficient (Wildman–Crippen LogP) is 4.54. The minimum Gasteiger partial charge on any atom is -0.494 e. The normalized spacial score (nSPS) is 10.6. The Kier molecular flexibility index (Phi) is 10.0. The molecule has 0 heterocycles. The number of carbonyl (C=O) groups is 3. The number of anilines is 2. The Morgan fingerprint density at radius 2 is 1.70 bits per heavy atom. The monoisotopic (exact) mass is 522 g/mol. The molecule has 3 aromatic carbocycles. The van der Waals surface area contributed by atoms with Crippen molar-refractivity contribution in [1.82, 2.24) is 5.43 Å². The SMILES string of the molecule is CCCOc1ccc(NC(=O)C(=O)N/N=C\c2cccc(OCC(=O)Nc3cc(Cl)ccc3C)c2)cc1. The highest BCUT2D eigenvalue weighted by Crippen LogP contribution is 2.20. The minimum atomic E-state index is -0.928. The molecule has 192 valence electrons. The van der Waals surface area contributed by atoms with Crippen molar-refractivity contribution in [3.63, 3.8) is 0 Å². The number of nitrogens with zero attached hydrogens (tertiary/aromatic N) is 1. The molecule has 0 aliphatic carbocycles. The molecule has 0 fully saturated rings. The highest BCUT2D eigenvalue weighted by Gasteiger charge is 2.13. The second kappa shape index (κ2) is 13.6. The number of ether oxygens (including phenoxy) is 2. The van der Waals surface area contributed by atoms with Crippen LogP contribution >= 0.6 is 11.6 Å². The maximum atomic E-state index is 12.2. The maximum Gasteiger partial charge on any atom is 0.329 e. The zero-order valence-corrected chi connectivity index (χ0v) is 21.2. The minimum absolute atomic E-state index is 0.213. The van der Waals surface area contributed by atoms with Crippen LogP contribution in [-0.2, 0) is 14.4 Å². The summed E-state index contributed by atoms with van der Waals surface area (Å²) in [6, 6.07) is 18.7. The van der Waals surface area contributed by atoms with Gasteiger partial charge in [-0.1, -0.05) is 36.7 Å². The van der Waals surface area contributed by atoms with Crippen LogP contribution in [0.3, 0.4) is 0 Å². The van der Waals surface area contributed by atoms with Gasteiger partial charge in [-0.25, -0.2) is 5.43 Å². The first kappa shape index (κ1) is 27.2. The lowest BCUT2D eigenvalue weighted by Crippen LogP contribution is -2.32. The number of benzene rings is 3. The Labute approximate surface area is 219 Å². The fourth-order valence-corrected chi connectivity index (χ4v) is 3.18. The van der Waals surface area contributed by atoms with E-state index in [1.807, 2.05) is 19.9 Å². The number of carbonyl (C=O) groups excluding carboxylic acids is 3. The molecule has 3 amide bonds. The van der Waals surface area contributed by atoms with E-state index in [2.05, 4.69) is 21.2 Å². The Morgan fingerprint density at radius 1 is 0.919 bits per heavy atom. The molecule has 0 saturated heterocycles. The van der Waals surface area contributed by atoms with Gasteiger partial charge in [-0.15, -0.1) is 0 Å². The second-order valence-corrected chi connectivity index (χ2v) is 8.33. The third-order valence-electron chi connectivity index (χ3n) is 4.87. The summed E-state index contributed by atoms with van der Waals surface area (Å²) in [4.78, 5) is 36.4. The molecule has 0 spiro atoms. The molecule has 0 atom stereocenters. The lowest BCUT2D eigenvalue weighted by atomic mass is 10.2. The van der Waals surface area contributed by atoms with Crippen LogP contribution in [-0.4, -0.2) is 37.1 Å². The van der Waals surface area contributed by atoms with Crippen molar-refractivity contribution >= 4 is 46.9 Å². The number of rotatable bonds is 10. The van der Waals surface area contributed by atoms with Crippen LogP contribution in [0.15, 0.2) is 71.8 Å². The standard InChI is InChI=1S/C27H27ClN4O5/c1-3-13-36-22-11-9-21(10-12-22)30-26(34)27(35)32-29-16-19-5-4-6-23(14-19)37-17-25(33)31-24-15-20(28)8-7-18(24)2/h4-12,14-16H,3,13,17H2,1-2H3,(H,30,34)(H,31,33)(H,32,35)/b29-16-. The van der Waals surface area contributed by atoms with Crippen LogP contribution in [0.1, 0.15) is 24.5 Å². The van der Waals surface area contributed by atoms with Crippen molar-refractivity contribution in [3.05, 3.63) is 82.9 Å².